The first-order valence-corrected chi connectivity index (χ1v) is 7.85. The topological polar surface area (TPSA) is 70.2 Å². The molecule has 0 bridgehead atoms. The lowest BCUT2D eigenvalue weighted by atomic mass is 9.91. The number of benzene rings is 2. The molecule has 0 amide bonds. The molecule has 1 fully saturated rings. The molecule has 5 nitrogen and oxygen atoms in total. The molecule has 0 N–H and O–H groups in total. The first-order valence-electron chi connectivity index (χ1n) is 7.85. The van der Waals surface area contributed by atoms with E-state index in [-0.39, 0.29) is 17.5 Å². The van der Waals surface area contributed by atoms with Crippen LogP contribution in [0.2, 0.25) is 0 Å². The normalized spacial score (nSPS) is 24.9. The summed E-state index contributed by atoms with van der Waals surface area (Å²) in [5.74, 6) is 0.286. The Morgan fingerprint density at radius 3 is 2.17 bits per heavy atom. The van der Waals surface area contributed by atoms with E-state index >= 15 is 0 Å². The van der Waals surface area contributed by atoms with Gasteiger partial charge in [-0.1, -0.05) is 31.2 Å². The zero-order valence-corrected chi connectivity index (χ0v) is 13.9. The zero-order valence-electron chi connectivity index (χ0n) is 13.9. The lowest BCUT2D eigenvalue weighted by Gasteiger charge is -2.13. The highest BCUT2D eigenvalue weighted by molar-refractivity contribution is 5.55. The molecule has 5 heteroatoms. The fourth-order valence-corrected chi connectivity index (χ4v) is 3.63. The van der Waals surface area contributed by atoms with Gasteiger partial charge in [-0.25, -0.2) is 0 Å². The number of nitrogens with zero attached hydrogens (tertiary/aromatic N) is 3. The van der Waals surface area contributed by atoms with Crippen LogP contribution in [-0.4, -0.2) is 19.0 Å². The van der Waals surface area contributed by atoms with Crippen molar-refractivity contribution in [3.8, 4) is 6.07 Å². The van der Waals surface area contributed by atoms with Crippen LogP contribution in [0, 0.1) is 27.4 Å². The van der Waals surface area contributed by atoms with E-state index in [1.165, 1.54) is 12.1 Å². The highest BCUT2D eigenvalue weighted by Crippen LogP contribution is 2.65. The number of anilines is 1. The van der Waals surface area contributed by atoms with Crippen molar-refractivity contribution >= 4 is 11.4 Å². The highest BCUT2D eigenvalue weighted by atomic mass is 16.6. The molecule has 0 saturated heterocycles. The van der Waals surface area contributed by atoms with Crippen LogP contribution in [0.5, 0.6) is 0 Å². The van der Waals surface area contributed by atoms with E-state index in [0.29, 0.717) is 0 Å². The van der Waals surface area contributed by atoms with E-state index in [4.69, 9.17) is 0 Å². The molecule has 0 aliphatic heterocycles. The monoisotopic (exact) mass is 321 g/mol. The fourth-order valence-electron chi connectivity index (χ4n) is 3.63. The van der Waals surface area contributed by atoms with Crippen molar-refractivity contribution in [3.63, 3.8) is 0 Å². The largest absolute Gasteiger partial charge is 0.378 e. The van der Waals surface area contributed by atoms with Crippen LogP contribution in [0.3, 0.4) is 0 Å². The Hall–Kier alpha value is -2.87. The minimum absolute atomic E-state index is 0.0482. The number of nitro benzene ring substituents is 1. The van der Waals surface area contributed by atoms with Crippen LogP contribution in [0.1, 0.15) is 24.0 Å². The molecule has 24 heavy (non-hydrogen) atoms. The minimum atomic E-state index is -0.602. The zero-order chi connectivity index (χ0) is 17.5. The Kier molecular flexibility index (Phi) is 3.76. The average molecular weight is 321 g/mol. The van der Waals surface area contributed by atoms with Gasteiger partial charge in [0, 0.05) is 37.8 Å². The molecule has 3 rings (SSSR count). The molecule has 1 aliphatic carbocycles. The predicted molar refractivity (Wildman–Crippen MR) is 93.1 cm³/mol. The molecular weight excluding hydrogens is 302 g/mol. The number of nitro groups is 1. The Morgan fingerprint density at radius 1 is 1.12 bits per heavy atom. The summed E-state index contributed by atoms with van der Waals surface area (Å²) in [5.41, 5.74) is 2.55. The van der Waals surface area contributed by atoms with Gasteiger partial charge in [-0.3, -0.25) is 10.1 Å². The van der Waals surface area contributed by atoms with E-state index in [9.17, 15) is 15.4 Å². The van der Waals surface area contributed by atoms with Gasteiger partial charge in [-0.2, -0.15) is 5.26 Å². The molecule has 2 aromatic rings. The van der Waals surface area contributed by atoms with Gasteiger partial charge in [0.15, 0.2) is 0 Å². The summed E-state index contributed by atoms with van der Waals surface area (Å²) in [6.45, 7) is 2.06. The van der Waals surface area contributed by atoms with Crippen LogP contribution >= 0.6 is 0 Å². The third-order valence-electron chi connectivity index (χ3n) is 5.11. The SMILES string of the molecule is C[C@H]1[C@H](c2ccc(N(C)C)cc2)[C@@]1(C#N)c1ccc([N+](=O)[O-])cc1. The Bertz CT molecular complexity index is 806. The third kappa shape index (κ3) is 2.31. The van der Waals surface area contributed by atoms with Crippen molar-refractivity contribution in [1.29, 1.82) is 5.26 Å². The van der Waals surface area contributed by atoms with Crippen LogP contribution in [0.4, 0.5) is 11.4 Å². The van der Waals surface area contributed by atoms with Gasteiger partial charge in [0.2, 0.25) is 0 Å². The molecule has 0 radical (unpaired) electrons. The summed E-state index contributed by atoms with van der Waals surface area (Å²) in [5, 5.41) is 20.7. The summed E-state index contributed by atoms with van der Waals surface area (Å²) in [6, 6.07) is 17.1. The predicted octanol–water partition coefficient (Wildman–Crippen LogP) is 3.86. The molecular formula is C19H19N3O2. The van der Waals surface area contributed by atoms with Crippen molar-refractivity contribution < 1.29 is 4.92 Å². The van der Waals surface area contributed by atoms with E-state index in [2.05, 4.69) is 37.3 Å². The van der Waals surface area contributed by atoms with Gasteiger partial charge in [0.05, 0.1) is 16.4 Å². The lowest BCUT2D eigenvalue weighted by Crippen LogP contribution is -2.09. The highest BCUT2D eigenvalue weighted by Gasteiger charge is 2.64. The smallest absolute Gasteiger partial charge is 0.269 e. The van der Waals surface area contributed by atoms with Crippen molar-refractivity contribution in [2.75, 3.05) is 19.0 Å². The molecule has 0 heterocycles. The number of nitriles is 1. The van der Waals surface area contributed by atoms with E-state index in [1.54, 1.807) is 12.1 Å². The Labute approximate surface area is 141 Å². The van der Waals surface area contributed by atoms with Crippen LogP contribution in [0.25, 0.3) is 0 Å². The first kappa shape index (κ1) is 16.0. The second kappa shape index (κ2) is 5.64. The van der Waals surface area contributed by atoms with Crippen LogP contribution < -0.4 is 4.90 Å². The van der Waals surface area contributed by atoms with Gasteiger partial charge in [0.25, 0.3) is 5.69 Å². The summed E-state index contributed by atoms with van der Waals surface area (Å²) in [4.78, 5) is 12.4. The lowest BCUT2D eigenvalue weighted by molar-refractivity contribution is -0.384. The molecule has 122 valence electrons. The summed E-state index contributed by atoms with van der Waals surface area (Å²) >= 11 is 0. The second-order valence-corrected chi connectivity index (χ2v) is 6.54. The summed E-state index contributed by atoms with van der Waals surface area (Å²) in [7, 11) is 3.98. The fraction of sp³-hybridized carbons (Fsp3) is 0.316. The van der Waals surface area contributed by atoms with E-state index in [0.717, 1.165) is 16.8 Å². The number of rotatable bonds is 4. The molecule has 2 aromatic carbocycles. The molecule has 1 saturated carbocycles. The van der Waals surface area contributed by atoms with Crippen molar-refractivity contribution in [3.05, 3.63) is 69.8 Å². The van der Waals surface area contributed by atoms with Gasteiger partial charge < -0.3 is 4.90 Å². The maximum atomic E-state index is 10.8. The van der Waals surface area contributed by atoms with Crippen LogP contribution in [-0.2, 0) is 5.41 Å². The second-order valence-electron chi connectivity index (χ2n) is 6.54. The maximum Gasteiger partial charge on any atom is 0.269 e. The summed E-state index contributed by atoms with van der Waals surface area (Å²) < 4.78 is 0. The molecule has 3 atom stereocenters. The van der Waals surface area contributed by atoms with E-state index in [1.807, 2.05) is 19.0 Å². The first-order chi connectivity index (χ1) is 11.4. The van der Waals surface area contributed by atoms with Gasteiger partial charge in [-0.15, -0.1) is 0 Å². The third-order valence-corrected chi connectivity index (χ3v) is 5.11. The number of hydrogen-bond donors (Lipinski definition) is 0. The van der Waals surface area contributed by atoms with Crippen molar-refractivity contribution in [2.45, 2.75) is 18.3 Å². The summed E-state index contributed by atoms with van der Waals surface area (Å²) in [6.07, 6.45) is 0. The molecule has 0 spiro atoms. The average Bonchev–Trinajstić information content (AvgIpc) is 3.20. The Morgan fingerprint density at radius 2 is 1.71 bits per heavy atom. The number of non-ortho nitro benzene ring substituents is 1. The van der Waals surface area contributed by atoms with Crippen molar-refractivity contribution in [2.24, 2.45) is 5.92 Å². The minimum Gasteiger partial charge on any atom is -0.378 e. The maximum absolute atomic E-state index is 10.8. The van der Waals surface area contributed by atoms with Crippen LogP contribution in [0.15, 0.2) is 48.5 Å². The van der Waals surface area contributed by atoms with Crippen molar-refractivity contribution in [1.82, 2.24) is 0 Å². The Balaban J connectivity index is 1.94. The van der Waals surface area contributed by atoms with Gasteiger partial charge in [-0.05, 0) is 29.2 Å². The molecule has 0 aromatic heterocycles. The van der Waals surface area contributed by atoms with E-state index < -0.39 is 10.3 Å². The van der Waals surface area contributed by atoms with Gasteiger partial charge in [0.1, 0.15) is 0 Å². The molecule has 1 aliphatic rings. The number of hydrogen-bond acceptors (Lipinski definition) is 4. The molecule has 0 unspecified atom stereocenters. The quantitative estimate of drug-likeness (QED) is 0.633. The van der Waals surface area contributed by atoms with Gasteiger partial charge >= 0.3 is 0 Å². The standard InChI is InChI=1S/C19H19N3O2/c1-13-18(14-4-8-16(9-5-14)21(2)3)19(13,12-20)15-6-10-17(11-7-15)22(23)24/h4-11,13,18H,1-3H3/t13-,18+,19+/m0/s1.